The van der Waals surface area contributed by atoms with Crippen LogP contribution < -0.4 is 24.4 Å². The first-order valence-corrected chi connectivity index (χ1v) is 12.8. The molecule has 1 saturated heterocycles. The molecular formula is C29H31N3O5S. The van der Waals surface area contributed by atoms with Gasteiger partial charge in [-0.15, -0.1) is 0 Å². The predicted octanol–water partition coefficient (Wildman–Crippen LogP) is 5.02. The van der Waals surface area contributed by atoms with Gasteiger partial charge in [0.2, 0.25) is 5.91 Å². The number of benzene rings is 3. The quantitative estimate of drug-likeness (QED) is 0.347. The molecule has 1 fully saturated rings. The van der Waals surface area contributed by atoms with Crippen molar-refractivity contribution < 1.29 is 23.8 Å². The Bertz CT molecular complexity index is 1260. The molecular weight excluding hydrogens is 502 g/mol. The van der Waals surface area contributed by atoms with Gasteiger partial charge in [0.1, 0.15) is 23.3 Å². The summed E-state index contributed by atoms with van der Waals surface area (Å²) >= 11 is 5.77. The minimum absolute atomic E-state index is 0.0597. The van der Waals surface area contributed by atoms with Crippen LogP contribution in [0.3, 0.4) is 0 Å². The topological polar surface area (TPSA) is 80.3 Å². The lowest BCUT2D eigenvalue weighted by atomic mass is 10.1. The first kappa shape index (κ1) is 26.9. The van der Waals surface area contributed by atoms with Crippen LogP contribution in [-0.4, -0.2) is 48.7 Å². The fourth-order valence-corrected chi connectivity index (χ4v) is 4.54. The molecule has 0 aromatic heterocycles. The average Bonchev–Trinajstić information content (AvgIpc) is 3.16. The van der Waals surface area contributed by atoms with Crippen molar-refractivity contribution in [2.24, 2.45) is 0 Å². The number of carbonyl (C=O) groups is 2. The van der Waals surface area contributed by atoms with Crippen LogP contribution in [0.5, 0.6) is 17.2 Å². The largest absolute Gasteiger partial charge is 0.497 e. The molecule has 1 aliphatic rings. The van der Waals surface area contributed by atoms with Crippen molar-refractivity contribution in [3.05, 3.63) is 78.4 Å². The molecule has 1 heterocycles. The molecule has 38 heavy (non-hydrogen) atoms. The zero-order valence-electron chi connectivity index (χ0n) is 21.7. The summed E-state index contributed by atoms with van der Waals surface area (Å²) in [6, 6.07) is 21.1. The van der Waals surface area contributed by atoms with Gasteiger partial charge < -0.3 is 24.4 Å². The highest BCUT2D eigenvalue weighted by atomic mass is 32.1. The zero-order valence-corrected chi connectivity index (χ0v) is 22.5. The van der Waals surface area contributed by atoms with Crippen molar-refractivity contribution in [1.82, 2.24) is 4.90 Å². The molecule has 9 heteroatoms. The van der Waals surface area contributed by atoms with E-state index in [1.54, 1.807) is 55.5 Å². The molecule has 0 bridgehead atoms. The smallest absolute Gasteiger partial charge is 0.256 e. The van der Waals surface area contributed by atoms with Gasteiger partial charge in [-0.05, 0) is 84.9 Å². The van der Waals surface area contributed by atoms with E-state index in [1.165, 1.54) is 4.90 Å². The molecule has 4 rings (SSSR count). The van der Waals surface area contributed by atoms with Crippen molar-refractivity contribution in [3.8, 4) is 17.2 Å². The van der Waals surface area contributed by atoms with E-state index in [2.05, 4.69) is 5.32 Å². The molecule has 0 saturated carbocycles. The van der Waals surface area contributed by atoms with Gasteiger partial charge in [-0.1, -0.05) is 19.1 Å². The predicted molar refractivity (Wildman–Crippen MR) is 151 cm³/mol. The van der Waals surface area contributed by atoms with Crippen molar-refractivity contribution in [3.63, 3.8) is 0 Å². The van der Waals surface area contributed by atoms with Crippen molar-refractivity contribution in [2.45, 2.75) is 32.4 Å². The van der Waals surface area contributed by atoms with E-state index in [9.17, 15) is 9.59 Å². The van der Waals surface area contributed by atoms with E-state index in [0.29, 0.717) is 35.4 Å². The first-order chi connectivity index (χ1) is 18.4. The molecule has 198 valence electrons. The molecule has 0 aliphatic carbocycles. The van der Waals surface area contributed by atoms with E-state index < -0.39 is 6.04 Å². The normalized spacial score (nSPS) is 15.0. The fourth-order valence-electron chi connectivity index (χ4n) is 4.15. The number of carbonyl (C=O) groups excluding carboxylic acids is 2. The lowest BCUT2D eigenvalue weighted by molar-refractivity contribution is -0.124. The molecule has 3 aromatic rings. The van der Waals surface area contributed by atoms with Gasteiger partial charge in [0, 0.05) is 12.2 Å². The summed E-state index contributed by atoms with van der Waals surface area (Å²) < 4.78 is 16.1. The number of anilines is 2. The number of hydrogen-bond acceptors (Lipinski definition) is 6. The molecule has 2 amide bonds. The second-order valence-corrected chi connectivity index (χ2v) is 9.14. The highest BCUT2D eigenvalue weighted by molar-refractivity contribution is 7.80. The maximum Gasteiger partial charge on any atom is 0.256 e. The molecule has 8 nitrogen and oxygen atoms in total. The van der Waals surface area contributed by atoms with Gasteiger partial charge >= 0.3 is 0 Å². The highest BCUT2D eigenvalue weighted by Gasteiger charge is 2.44. The SMILES string of the molecule is CCCOc1ccc(NC(=O)C[C@H]2C(=O)N(c3ccc(OC)cc3)C(=S)N2Cc2ccc(OC)cc2)cc1. The molecule has 0 radical (unpaired) electrons. The van der Waals surface area contributed by atoms with Crippen LogP contribution in [0.4, 0.5) is 11.4 Å². The number of methoxy groups -OCH3 is 2. The summed E-state index contributed by atoms with van der Waals surface area (Å²) in [5, 5.41) is 3.23. The highest BCUT2D eigenvalue weighted by Crippen LogP contribution is 2.30. The Labute approximate surface area is 228 Å². The van der Waals surface area contributed by atoms with Gasteiger partial charge in [0.15, 0.2) is 5.11 Å². The minimum Gasteiger partial charge on any atom is -0.497 e. The van der Waals surface area contributed by atoms with Gasteiger partial charge in [-0.2, -0.15) is 0 Å². The van der Waals surface area contributed by atoms with Crippen LogP contribution in [0.2, 0.25) is 0 Å². The molecule has 0 unspecified atom stereocenters. The number of rotatable bonds is 11. The zero-order chi connectivity index (χ0) is 27.1. The van der Waals surface area contributed by atoms with Gasteiger partial charge in [0.25, 0.3) is 5.91 Å². The van der Waals surface area contributed by atoms with Gasteiger partial charge in [0.05, 0.1) is 32.9 Å². The lowest BCUT2D eigenvalue weighted by Gasteiger charge is -2.24. The van der Waals surface area contributed by atoms with E-state index in [0.717, 1.165) is 23.5 Å². The van der Waals surface area contributed by atoms with Crippen molar-refractivity contribution in [2.75, 3.05) is 31.0 Å². The van der Waals surface area contributed by atoms with Crippen LogP contribution in [0, 0.1) is 0 Å². The Balaban J connectivity index is 1.54. The Kier molecular flexibility index (Phi) is 8.81. The average molecular weight is 534 g/mol. The first-order valence-electron chi connectivity index (χ1n) is 12.4. The second-order valence-electron chi connectivity index (χ2n) is 8.77. The Morgan fingerprint density at radius 2 is 1.47 bits per heavy atom. The van der Waals surface area contributed by atoms with Crippen LogP contribution in [0.15, 0.2) is 72.8 Å². The molecule has 1 atom stereocenters. The third-order valence-corrected chi connectivity index (χ3v) is 6.57. The third kappa shape index (κ3) is 6.23. The van der Waals surface area contributed by atoms with E-state index in [1.807, 2.05) is 43.3 Å². The van der Waals surface area contributed by atoms with Crippen LogP contribution >= 0.6 is 12.2 Å². The summed E-state index contributed by atoms with van der Waals surface area (Å²) in [5.74, 6) is 1.60. The maximum absolute atomic E-state index is 13.7. The van der Waals surface area contributed by atoms with Gasteiger partial charge in [-0.3, -0.25) is 14.5 Å². The fraction of sp³-hybridized carbons (Fsp3) is 0.276. The Hall–Kier alpha value is -4.11. The van der Waals surface area contributed by atoms with Gasteiger partial charge in [-0.25, -0.2) is 0 Å². The summed E-state index contributed by atoms with van der Waals surface area (Å²) in [5.41, 5.74) is 2.18. The number of nitrogens with zero attached hydrogens (tertiary/aromatic N) is 2. The lowest BCUT2D eigenvalue weighted by Crippen LogP contribution is -2.37. The van der Waals surface area contributed by atoms with E-state index in [-0.39, 0.29) is 18.2 Å². The summed E-state index contributed by atoms with van der Waals surface area (Å²) in [6.07, 6.45) is 0.853. The number of nitrogens with one attached hydrogen (secondary N) is 1. The summed E-state index contributed by atoms with van der Waals surface area (Å²) in [7, 11) is 3.19. The molecule has 1 N–H and O–H groups in total. The van der Waals surface area contributed by atoms with Crippen molar-refractivity contribution >= 4 is 40.5 Å². The van der Waals surface area contributed by atoms with Crippen LogP contribution in [0.1, 0.15) is 25.3 Å². The van der Waals surface area contributed by atoms with E-state index >= 15 is 0 Å². The Morgan fingerprint density at radius 1 is 0.895 bits per heavy atom. The maximum atomic E-state index is 13.7. The third-order valence-electron chi connectivity index (χ3n) is 6.15. The van der Waals surface area contributed by atoms with Crippen LogP contribution in [0.25, 0.3) is 0 Å². The second kappa shape index (κ2) is 12.4. The standard InChI is InChI=1S/C29H31N3O5S/c1-4-17-37-25-13-7-21(8-14-25)30-27(33)18-26-28(34)32(22-9-15-24(36-3)16-10-22)29(38)31(26)19-20-5-11-23(35-2)12-6-20/h5-16,26H,4,17-19H2,1-3H3,(H,30,33)/t26-/m0/s1. The monoisotopic (exact) mass is 533 g/mol. The van der Waals surface area contributed by atoms with E-state index in [4.69, 9.17) is 26.4 Å². The molecule has 1 aliphatic heterocycles. The Morgan fingerprint density at radius 3 is 2.05 bits per heavy atom. The summed E-state index contributed by atoms with van der Waals surface area (Å²) in [6.45, 7) is 3.03. The number of hydrogen-bond donors (Lipinski definition) is 1. The number of thiocarbonyl (C=S) groups is 1. The van der Waals surface area contributed by atoms with Crippen LogP contribution in [-0.2, 0) is 16.1 Å². The molecule has 0 spiro atoms. The van der Waals surface area contributed by atoms with Crippen molar-refractivity contribution in [1.29, 1.82) is 0 Å². The summed E-state index contributed by atoms with van der Waals surface area (Å²) in [4.78, 5) is 30.0. The number of amides is 2. The number of ether oxygens (including phenoxy) is 3. The minimum atomic E-state index is -0.765. The molecule has 3 aromatic carbocycles.